The number of halogens is 5. The molecule has 0 aliphatic carbocycles. The molecule has 3 aromatic heterocycles. The summed E-state index contributed by atoms with van der Waals surface area (Å²) < 4.78 is 78.1. The summed E-state index contributed by atoms with van der Waals surface area (Å²) in [5.41, 5.74) is 9.47. The minimum absolute atomic E-state index is 0.00516. The summed E-state index contributed by atoms with van der Waals surface area (Å²) in [6.45, 7) is 5.49. The minimum atomic E-state index is -4.91. The maximum Gasteiger partial charge on any atom is 0.418 e. The number of morpholine rings is 1. The number of rotatable bonds is 6. The zero-order valence-electron chi connectivity index (χ0n) is 26.0. The Hall–Kier alpha value is -4.28. The van der Waals surface area contributed by atoms with Gasteiger partial charge in [-0.15, -0.1) is 5.10 Å². The molecule has 4 aromatic rings. The third-order valence-electron chi connectivity index (χ3n) is 9.23. The molecule has 17 heteroatoms. The average molecular weight is 690 g/mol. The van der Waals surface area contributed by atoms with E-state index in [0.29, 0.717) is 18.8 Å². The lowest BCUT2D eigenvalue weighted by molar-refractivity contribution is -0.137. The van der Waals surface area contributed by atoms with Crippen molar-refractivity contribution in [2.24, 2.45) is 0 Å². The monoisotopic (exact) mass is 689 g/mol. The first kappa shape index (κ1) is 32.3. The number of hydrogen-bond donors (Lipinski definition) is 2. The van der Waals surface area contributed by atoms with Crippen LogP contribution in [0.15, 0.2) is 18.3 Å². The van der Waals surface area contributed by atoms with E-state index < -0.39 is 39.9 Å². The van der Waals surface area contributed by atoms with Crippen LogP contribution < -0.4 is 25.8 Å². The quantitative estimate of drug-likeness (QED) is 0.263. The highest BCUT2D eigenvalue weighted by molar-refractivity contribution is 6.36. The number of hydrogen-bond acceptors (Lipinski definition) is 12. The predicted molar refractivity (Wildman–Crippen MR) is 169 cm³/mol. The number of ether oxygens (including phenoxy) is 3. The topological polar surface area (TPSA) is 151 Å². The first-order valence-corrected chi connectivity index (χ1v) is 15.8. The zero-order valence-corrected chi connectivity index (χ0v) is 26.8. The molecular formula is C31H32ClF4N9O3. The van der Waals surface area contributed by atoms with Crippen molar-refractivity contribution >= 4 is 40.0 Å². The Balaban J connectivity index is 1.42. The van der Waals surface area contributed by atoms with Gasteiger partial charge in [0, 0.05) is 24.2 Å². The van der Waals surface area contributed by atoms with Gasteiger partial charge in [-0.2, -0.15) is 28.2 Å². The third kappa shape index (κ3) is 5.54. The van der Waals surface area contributed by atoms with Crippen LogP contribution in [0, 0.1) is 12.7 Å². The van der Waals surface area contributed by atoms with Gasteiger partial charge in [0.1, 0.15) is 30.4 Å². The lowest BCUT2D eigenvalue weighted by Gasteiger charge is -2.33. The standard InChI is InChI=1S/C31H32ClF4N9O3/c1-14-11-19(37)40-25(22(14)31(34,35)36)20-23(32)27-21-26(24(20)33)41-30(48-13-17-4-3-16-12-46-9-7-45(16)17)42-29(21)44(8-10-47-27)15(2)18-5-6-39-43-28(18)38/h5-6,11,15-17H,3-4,7-10,12-13H2,1-2H3,(H2,37,40)(H2,38,43)/t15-,16+,17+/m1/s1. The molecule has 7 rings (SSSR count). The number of benzene rings is 1. The molecule has 0 amide bonds. The van der Waals surface area contributed by atoms with Crippen LogP contribution in [0.4, 0.5) is 35.0 Å². The first-order chi connectivity index (χ1) is 22.9. The molecule has 0 unspecified atom stereocenters. The summed E-state index contributed by atoms with van der Waals surface area (Å²) >= 11 is 6.78. The van der Waals surface area contributed by atoms with Gasteiger partial charge in [-0.05, 0) is 44.4 Å². The van der Waals surface area contributed by atoms with Gasteiger partial charge in [0.05, 0.1) is 59.2 Å². The largest absolute Gasteiger partial charge is 0.489 e. The highest BCUT2D eigenvalue weighted by atomic mass is 35.5. The number of aryl methyl sites for hydroxylation is 1. The fourth-order valence-electron chi connectivity index (χ4n) is 6.99. The Kier molecular flexibility index (Phi) is 8.28. The molecule has 0 spiro atoms. The summed E-state index contributed by atoms with van der Waals surface area (Å²) in [5.74, 6) is -1.12. The summed E-state index contributed by atoms with van der Waals surface area (Å²) in [5, 5.41) is 7.42. The molecule has 2 saturated heterocycles. The fourth-order valence-corrected chi connectivity index (χ4v) is 7.31. The molecule has 48 heavy (non-hydrogen) atoms. The number of nitrogens with two attached hydrogens (primary N) is 2. The Bertz CT molecular complexity index is 1900. The SMILES string of the molecule is Cc1cc(N)nc(-c2c(Cl)c3c4c(nc(OC[C@@H]5CC[C@H]6COCCN65)nc4c2F)N([C@H](C)c2ccnnc2N)CCO3)c1C(F)(F)F. The van der Waals surface area contributed by atoms with Crippen molar-refractivity contribution < 1.29 is 31.8 Å². The molecule has 254 valence electrons. The third-order valence-corrected chi connectivity index (χ3v) is 9.59. The van der Waals surface area contributed by atoms with Crippen LogP contribution in [0.2, 0.25) is 5.02 Å². The highest BCUT2D eigenvalue weighted by Crippen LogP contribution is 2.51. The molecule has 4 N–H and O–H groups in total. The van der Waals surface area contributed by atoms with Crippen molar-refractivity contribution in [2.45, 2.75) is 51.0 Å². The van der Waals surface area contributed by atoms with Crippen LogP contribution in [0.3, 0.4) is 0 Å². The van der Waals surface area contributed by atoms with Crippen molar-refractivity contribution in [1.82, 2.24) is 30.0 Å². The summed E-state index contributed by atoms with van der Waals surface area (Å²) in [4.78, 5) is 17.2. The van der Waals surface area contributed by atoms with Crippen LogP contribution in [0.25, 0.3) is 22.2 Å². The van der Waals surface area contributed by atoms with E-state index in [2.05, 4.69) is 25.1 Å². The van der Waals surface area contributed by atoms with E-state index >= 15 is 4.39 Å². The molecule has 12 nitrogen and oxygen atoms in total. The molecule has 3 aliphatic heterocycles. The van der Waals surface area contributed by atoms with Crippen molar-refractivity contribution in [3.63, 3.8) is 0 Å². The maximum absolute atomic E-state index is 16.9. The van der Waals surface area contributed by atoms with E-state index in [1.807, 2.05) is 11.8 Å². The molecule has 2 fully saturated rings. The summed E-state index contributed by atoms with van der Waals surface area (Å²) in [6.07, 6.45) is -1.61. The Morgan fingerprint density at radius 1 is 1.15 bits per heavy atom. The van der Waals surface area contributed by atoms with Gasteiger partial charge in [0.25, 0.3) is 0 Å². The smallest absolute Gasteiger partial charge is 0.418 e. The van der Waals surface area contributed by atoms with E-state index in [1.54, 1.807) is 6.07 Å². The van der Waals surface area contributed by atoms with Gasteiger partial charge in [-0.1, -0.05) is 11.6 Å². The van der Waals surface area contributed by atoms with E-state index in [1.165, 1.54) is 13.1 Å². The average Bonchev–Trinajstić information content (AvgIpc) is 3.35. The lowest BCUT2D eigenvalue weighted by atomic mass is 9.98. The van der Waals surface area contributed by atoms with Gasteiger partial charge in [0.2, 0.25) is 0 Å². The zero-order chi connectivity index (χ0) is 33.9. The second-order valence-corrected chi connectivity index (χ2v) is 12.4. The van der Waals surface area contributed by atoms with Crippen molar-refractivity contribution in [3.8, 4) is 23.0 Å². The molecule has 0 saturated carbocycles. The van der Waals surface area contributed by atoms with Crippen LogP contribution in [-0.4, -0.2) is 81.6 Å². The van der Waals surface area contributed by atoms with E-state index in [-0.39, 0.29) is 77.5 Å². The van der Waals surface area contributed by atoms with Gasteiger partial charge < -0.3 is 30.6 Å². The van der Waals surface area contributed by atoms with Gasteiger partial charge >= 0.3 is 12.2 Å². The predicted octanol–water partition coefficient (Wildman–Crippen LogP) is 4.97. The number of nitrogen functional groups attached to an aromatic ring is 2. The fraction of sp³-hybridized carbons (Fsp3) is 0.452. The first-order valence-electron chi connectivity index (χ1n) is 15.4. The lowest BCUT2D eigenvalue weighted by Crippen LogP contribution is -2.46. The molecule has 6 heterocycles. The second-order valence-electron chi connectivity index (χ2n) is 12.1. The molecule has 3 aliphatic rings. The summed E-state index contributed by atoms with van der Waals surface area (Å²) in [6, 6.07) is 2.45. The van der Waals surface area contributed by atoms with E-state index in [9.17, 15) is 13.2 Å². The molecule has 0 bridgehead atoms. The van der Waals surface area contributed by atoms with Crippen LogP contribution in [0.1, 0.15) is 42.5 Å². The van der Waals surface area contributed by atoms with E-state index in [0.717, 1.165) is 25.5 Å². The van der Waals surface area contributed by atoms with Crippen LogP contribution >= 0.6 is 11.6 Å². The highest BCUT2D eigenvalue weighted by Gasteiger charge is 2.41. The number of pyridine rings is 1. The van der Waals surface area contributed by atoms with Gasteiger partial charge in [-0.25, -0.2) is 9.37 Å². The maximum atomic E-state index is 16.9. The van der Waals surface area contributed by atoms with Gasteiger partial charge in [0.15, 0.2) is 17.4 Å². The van der Waals surface area contributed by atoms with Crippen molar-refractivity contribution in [3.05, 3.63) is 45.9 Å². The van der Waals surface area contributed by atoms with Crippen LogP contribution in [0.5, 0.6) is 11.8 Å². The minimum Gasteiger partial charge on any atom is -0.489 e. The Morgan fingerprint density at radius 2 is 1.96 bits per heavy atom. The summed E-state index contributed by atoms with van der Waals surface area (Å²) in [7, 11) is 0. The van der Waals surface area contributed by atoms with Gasteiger partial charge in [-0.3, -0.25) is 4.90 Å². The van der Waals surface area contributed by atoms with Crippen molar-refractivity contribution in [1.29, 1.82) is 0 Å². The van der Waals surface area contributed by atoms with Crippen molar-refractivity contribution in [2.75, 3.05) is 55.9 Å². The number of aromatic nitrogens is 5. The number of anilines is 3. The molecule has 0 radical (unpaired) electrons. The van der Waals surface area contributed by atoms with Crippen LogP contribution in [-0.2, 0) is 10.9 Å². The second kappa shape index (κ2) is 12.3. The number of nitrogens with zero attached hydrogens (tertiary/aromatic N) is 7. The molecule has 1 aromatic carbocycles. The van der Waals surface area contributed by atoms with E-state index in [4.69, 9.17) is 42.3 Å². The normalized spacial score (nSPS) is 20.4. The Morgan fingerprint density at radius 3 is 2.73 bits per heavy atom. The molecular weight excluding hydrogens is 658 g/mol. The number of alkyl halides is 3. The molecule has 3 atom stereocenters. The number of fused-ring (bicyclic) bond motifs is 1. The Labute approximate surface area is 277 Å².